The van der Waals surface area contributed by atoms with E-state index >= 15 is 0 Å². The molecule has 1 fully saturated rings. The molecule has 2 rings (SSSR count). The van der Waals surface area contributed by atoms with Crippen LogP contribution in [0.3, 0.4) is 0 Å². The second-order valence-corrected chi connectivity index (χ2v) is 5.33. The summed E-state index contributed by atoms with van der Waals surface area (Å²) in [6.07, 6.45) is 3.09. The summed E-state index contributed by atoms with van der Waals surface area (Å²) < 4.78 is 0. The topological polar surface area (TPSA) is 41.1 Å². The van der Waals surface area contributed by atoms with Crippen molar-refractivity contribution < 1.29 is 4.79 Å². The maximum Gasteiger partial charge on any atom is 0.224 e. The Kier molecular flexibility index (Phi) is 4.97. The zero-order valence-corrected chi connectivity index (χ0v) is 11.9. The minimum absolute atomic E-state index is 0.113. The van der Waals surface area contributed by atoms with Gasteiger partial charge in [0.05, 0.1) is 5.92 Å². The van der Waals surface area contributed by atoms with Gasteiger partial charge >= 0.3 is 0 Å². The second-order valence-electron chi connectivity index (χ2n) is 5.33. The highest BCUT2D eigenvalue weighted by Gasteiger charge is 2.27. The lowest BCUT2D eigenvalue weighted by molar-refractivity contribution is -0.126. The molecular formula is C16H24N2O. The maximum atomic E-state index is 12.2. The average Bonchev–Trinajstić information content (AvgIpc) is 2.45. The Morgan fingerprint density at radius 2 is 2.11 bits per heavy atom. The fourth-order valence-corrected chi connectivity index (χ4v) is 2.79. The van der Waals surface area contributed by atoms with E-state index in [1.807, 2.05) is 6.07 Å². The number of piperidine rings is 1. The van der Waals surface area contributed by atoms with Crippen molar-refractivity contribution in [2.24, 2.45) is 5.92 Å². The molecule has 0 spiro atoms. The van der Waals surface area contributed by atoms with Gasteiger partial charge in [0.1, 0.15) is 0 Å². The van der Waals surface area contributed by atoms with Crippen molar-refractivity contribution in [3.05, 3.63) is 35.4 Å². The molecule has 1 aliphatic rings. The Hall–Kier alpha value is -1.35. The van der Waals surface area contributed by atoms with Gasteiger partial charge in [0.2, 0.25) is 5.91 Å². The number of amides is 1. The molecule has 3 heteroatoms. The summed E-state index contributed by atoms with van der Waals surface area (Å²) in [6, 6.07) is 8.60. The van der Waals surface area contributed by atoms with Crippen LogP contribution < -0.4 is 10.6 Å². The van der Waals surface area contributed by atoms with Crippen molar-refractivity contribution in [3.8, 4) is 0 Å². The molecule has 0 bridgehead atoms. The number of carbonyl (C=O) groups is 1. The van der Waals surface area contributed by atoms with Gasteiger partial charge in [-0.25, -0.2) is 0 Å². The van der Waals surface area contributed by atoms with E-state index in [0.29, 0.717) is 6.54 Å². The van der Waals surface area contributed by atoms with E-state index in [1.54, 1.807) is 0 Å². The van der Waals surface area contributed by atoms with Gasteiger partial charge in [0.25, 0.3) is 0 Å². The first kappa shape index (κ1) is 14.1. The quantitative estimate of drug-likeness (QED) is 0.872. The largest absolute Gasteiger partial charge is 0.352 e. The summed E-state index contributed by atoms with van der Waals surface area (Å²) in [7, 11) is 0. The molecule has 3 nitrogen and oxygen atoms in total. The number of rotatable bonds is 4. The van der Waals surface area contributed by atoms with Gasteiger partial charge in [-0.2, -0.15) is 0 Å². The molecule has 1 aromatic rings. The molecule has 2 unspecified atom stereocenters. The van der Waals surface area contributed by atoms with Crippen LogP contribution in [0, 0.1) is 5.92 Å². The van der Waals surface area contributed by atoms with Crippen molar-refractivity contribution in [2.45, 2.75) is 45.7 Å². The zero-order chi connectivity index (χ0) is 13.7. The van der Waals surface area contributed by atoms with Crippen LogP contribution in [-0.2, 0) is 17.8 Å². The Morgan fingerprint density at radius 1 is 1.37 bits per heavy atom. The van der Waals surface area contributed by atoms with Crippen LogP contribution in [0.5, 0.6) is 0 Å². The normalized spacial score (nSPS) is 23.1. The monoisotopic (exact) mass is 260 g/mol. The first-order valence-electron chi connectivity index (χ1n) is 7.30. The average molecular weight is 260 g/mol. The number of hydrogen-bond acceptors (Lipinski definition) is 2. The van der Waals surface area contributed by atoms with Crippen LogP contribution >= 0.6 is 0 Å². The number of benzene rings is 1. The third kappa shape index (κ3) is 3.57. The first-order valence-corrected chi connectivity index (χ1v) is 7.30. The van der Waals surface area contributed by atoms with E-state index in [1.165, 1.54) is 11.1 Å². The Morgan fingerprint density at radius 3 is 2.79 bits per heavy atom. The molecular weight excluding hydrogens is 236 g/mol. The van der Waals surface area contributed by atoms with E-state index in [2.05, 4.69) is 42.7 Å². The van der Waals surface area contributed by atoms with Crippen LogP contribution in [-0.4, -0.2) is 18.5 Å². The Balaban J connectivity index is 1.92. The predicted molar refractivity (Wildman–Crippen MR) is 77.9 cm³/mol. The van der Waals surface area contributed by atoms with Crippen LogP contribution in [0.2, 0.25) is 0 Å². The standard InChI is InChI=1S/C16H24N2O/c1-3-13-7-4-5-8-14(13)11-18-16(19)15-9-6-10-17-12(15)2/h4-5,7-8,12,15,17H,3,6,9-11H2,1-2H3,(H,18,19). The van der Waals surface area contributed by atoms with Gasteiger partial charge in [0.15, 0.2) is 0 Å². The highest BCUT2D eigenvalue weighted by Crippen LogP contribution is 2.17. The molecule has 104 valence electrons. The highest BCUT2D eigenvalue weighted by molar-refractivity contribution is 5.79. The smallest absolute Gasteiger partial charge is 0.224 e. The number of hydrogen-bond donors (Lipinski definition) is 2. The van der Waals surface area contributed by atoms with E-state index < -0.39 is 0 Å². The number of nitrogens with one attached hydrogen (secondary N) is 2. The lowest BCUT2D eigenvalue weighted by Crippen LogP contribution is -2.46. The fourth-order valence-electron chi connectivity index (χ4n) is 2.79. The molecule has 0 radical (unpaired) electrons. The number of aryl methyl sites for hydroxylation is 1. The van der Waals surface area contributed by atoms with Crippen molar-refractivity contribution in [1.29, 1.82) is 0 Å². The molecule has 0 aromatic heterocycles. The summed E-state index contributed by atoms with van der Waals surface area (Å²) in [5.41, 5.74) is 2.55. The molecule has 1 saturated heterocycles. The highest BCUT2D eigenvalue weighted by atomic mass is 16.1. The van der Waals surface area contributed by atoms with Gasteiger partial charge in [-0.15, -0.1) is 0 Å². The van der Waals surface area contributed by atoms with Crippen molar-refractivity contribution in [2.75, 3.05) is 6.54 Å². The van der Waals surface area contributed by atoms with Crippen molar-refractivity contribution in [3.63, 3.8) is 0 Å². The first-order chi connectivity index (χ1) is 9.22. The van der Waals surface area contributed by atoms with E-state index in [4.69, 9.17) is 0 Å². The summed E-state index contributed by atoms with van der Waals surface area (Å²) in [5, 5.41) is 6.47. The third-order valence-corrected chi connectivity index (χ3v) is 4.05. The van der Waals surface area contributed by atoms with Gasteiger partial charge in [-0.05, 0) is 43.9 Å². The molecule has 2 atom stereocenters. The lowest BCUT2D eigenvalue weighted by Gasteiger charge is -2.29. The molecule has 1 heterocycles. The van der Waals surface area contributed by atoms with E-state index in [9.17, 15) is 4.79 Å². The zero-order valence-electron chi connectivity index (χ0n) is 11.9. The van der Waals surface area contributed by atoms with Crippen LogP contribution in [0.4, 0.5) is 0 Å². The molecule has 1 amide bonds. The van der Waals surface area contributed by atoms with Crippen LogP contribution in [0.1, 0.15) is 37.8 Å². The minimum atomic E-state index is 0.113. The van der Waals surface area contributed by atoms with Gasteiger partial charge in [-0.3, -0.25) is 4.79 Å². The third-order valence-electron chi connectivity index (χ3n) is 4.05. The van der Waals surface area contributed by atoms with E-state index in [0.717, 1.165) is 25.8 Å². The molecule has 0 aliphatic carbocycles. The molecule has 1 aromatic carbocycles. The molecule has 2 N–H and O–H groups in total. The van der Waals surface area contributed by atoms with Crippen LogP contribution in [0.15, 0.2) is 24.3 Å². The minimum Gasteiger partial charge on any atom is -0.352 e. The maximum absolute atomic E-state index is 12.2. The molecule has 1 aliphatic heterocycles. The molecule has 0 saturated carbocycles. The molecule has 19 heavy (non-hydrogen) atoms. The summed E-state index contributed by atoms with van der Waals surface area (Å²) in [4.78, 5) is 12.2. The lowest BCUT2D eigenvalue weighted by atomic mass is 9.91. The van der Waals surface area contributed by atoms with Crippen molar-refractivity contribution >= 4 is 5.91 Å². The Bertz CT molecular complexity index is 431. The summed E-state index contributed by atoms with van der Waals surface area (Å²) >= 11 is 0. The van der Waals surface area contributed by atoms with Crippen molar-refractivity contribution in [1.82, 2.24) is 10.6 Å². The SMILES string of the molecule is CCc1ccccc1CNC(=O)C1CCCNC1C. The summed E-state index contributed by atoms with van der Waals surface area (Å²) in [6.45, 7) is 5.92. The van der Waals surface area contributed by atoms with Crippen LogP contribution in [0.25, 0.3) is 0 Å². The predicted octanol–water partition coefficient (Wildman–Crippen LogP) is 2.25. The van der Waals surface area contributed by atoms with Gasteiger partial charge in [0, 0.05) is 12.6 Å². The number of carbonyl (C=O) groups excluding carboxylic acids is 1. The van der Waals surface area contributed by atoms with Gasteiger partial charge in [-0.1, -0.05) is 31.2 Å². The summed E-state index contributed by atoms with van der Waals surface area (Å²) in [5.74, 6) is 0.299. The fraction of sp³-hybridized carbons (Fsp3) is 0.562. The van der Waals surface area contributed by atoms with Gasteiger partial charge < -0.3 is 10.6 Å². The van der Waals surface area contributed by atoms with E-state index in [-0.39, 0.29) is 17.9 Å². The second kappa shape index (κ2) is 6.71. The Labute approximate surface area is 115 Å².